The predicted molar refractivity (Wildman–Crippen MR) is 73.5 cm³/mol. The summed E-state index contributed by atoms with van der Waals surface area (Å²) in [6.07, 6.45) is 2.00. The minimum Gasteiger partial charge on any atom is -0.396 e. The number of amides is 1. The van der Waals surface area contributed by atoms with Crippen LogP contribution >= 0.6 is 0 Å². The molecule has 1 heterocycles. The molecule has 5 N–H and O–H groups in total. The van der Waals surface area contributed by atoms with Crippen LogP contribution in [-0.4, -0.2) is 66.0 Å². The second-order valence-corrected chi connectivity index (χ2v) is 5.36. The highest BCUT2D eigenvalue weighted by atomic mass is 16.3. The fourth-order valence-corrected chi connectivity index (χ4v) is 2.73. The van der Waals surface area contributed by atoms with Crippen LogP contribution in [0.25, 0.3) is 0 Å². The number of aliphatic hydroxyl groups is 2. The molecule has 1 fully saturated rings. The van der Waals surface area contributed by atoms with Gasteiger partial charge in [0.05, 0.1) is 12.6 Å². The quantitative estimate of drug-likeness (QED) is 0.421. The van der Waals surface area contributed by atoms with Gasteiger partial charge in [-0.2, -0.15) is 0 Å². The van der Waals surface area contributed by atoms with Gasteiger partial charge in [0.25, 0.3) is 0 Å². The molecule has 3 atom stereocenters. The summed E-state index contributed by atoms with van der Waals surface area (Å²) in [4.78, 5) is 13.1. The molecule has 0 aliphatic carbocycles. The van der Waals surface area contributed by atoms with Crippen LogP contribution in [0.15, 0.2) is 0 Å². The number of carbonyl (C=O) groups is 1. The van der Waals surface area contributed by atoms with E-state index in [1.807, 2.05) is 11.8 Å². The molecule has 0 spiro atoms. The van der Waals surface area contributed by atoms with Crippen LogP contribution in [0.2, 0.25) is 0 Å². The van der Waals surface area contributed by atoms with Gasteiger partial charge in [-0.05, 0) is 31.7 Å². The predicted octanol–water partition coefficient (Wildman–Crippen LogP) is -1.09. The number of rotatable bonds is 8. The van der Waals surface area contributed by atoms with E-state index in [-0.39, 0.29) is 37.1 Å². The molecular weight excluding hydrogens is 246 g/mol. The molecule has 19 heavy (non-hydrogen) atoms. The smallest absolute Gasteiger partial charge is 0.231 e. The Morgan fingerprint density at radius 3 is 2.84 bits per heavy atom. The SMILES string of the molecule is CCC(O)C1CC(NCCCO)CN(CC(N)=O)C1. The molecule has 112 valence electrons. The molecule has 1 aliphatic heterocycles. The van der Waals surface area contributed by atoms with E-state index in [0.717, 1.165) is 32.5 Å². The lowest BCUT2D eigenvalue weighted by Gasteiger charge is -2.39. The molecule has 1 aliphatic rings. The van der Waals surface area contributed by atoms with Crippen molar-refractivity contribution in [3.05, 3.63) is 0 Å². The molecule has 6 nitrogen and oxygen atoms in total. The first kappa shape index (κ1) is 16.4. The molecule has 1 amide bonds. The Hall–Kier alpha value is -0.690. The van der Waals surface area contributed by atoms with E-state index in [2.05, 4.69) is 5.32 Å². The van der Waals surface area contributed by atoms with Crippen molar-refractivity contribution in [1.29, 1.82) is 0 Å². The highest BCUT2D eigenvalue weighted by Crippen LogP contribution is 2.21. The number of likely N-dealkylation sites (tertiary alicyclic amines) is 1. The minimum absolute atomic E-state index is 0.171. The summed E-state index contributed by atoms with van der Waals surface area (Å²) >= 11 is 0. The number of hydrogen-bond donors (Lipinski definition) is 4. The summed E-state index contributed by atoms with van der Waals surface area (Å²) in [7, 11) is 0. The van der Waals surface area contributed by atoms with Gasteiger partial charge in [-0.15, -0.1) is 0 Å². The van der Waals surface area contributed by atoms with E-state index in [4.69, 9.17) is 10.8 Å². The Bertz CT molecular complexity index is 276. The molecule has 0 bridgehead atoms. The fourth-order valence-electron chi connectivity index (χ4n) is 2.73. The van der Waals surface area contributed by atoms with Crippen molar-refractivity contribution in [3.8, 4) is 0 Å². The van der Waals surface area contributed by atoms with E-state index in [0.29, 0.717) is 6.42 Å². The molecule has 0 aromatic carbocycles. The van der Waals surface area contributed by atoms with E-state index >= 15 is 0 Å². The molecule has 3 unspecified atom stereocenters. The average Bonchev–Trinajstić information content (AvgIpc) is 2.37. The normalized spacial score (nSPS) is 26.3. The number of nitrogens with one attached hydrogen (secondary N) is 1. The molecule has 0 aromatic rings. The zero-order valence-electron chi connectivity index (χ0n) is 11.7. The molecule has 0 saturated carbocycles. The van der Waals surface area contributed by atoms with E-state index in [1.54, 1.807) is 0 Å². The Labute approximate surface area is 115 Å². The van der Waals surface area contributed by atoms with Gasteiger partial charge in [-0.25, -0.2) is 0 Å². The van der Waals surface area contributed by atoms with Crippen molar-refractivity contribution in [2.45, 2.75) is 38.3 Å². The van der Waals surface area contributed by atoms with Crippen molar-refractivity contribution < 1.29 is 15.0 Å². The third-order valence-corrected chi connectivity index (χ3v) is 3.67. The standard InChI is InChI=1S/C13H27N3O3/c1-2-12(18)10-6-11(15-4-3-5-17)8-16(7-10)9-13(14)19/h10-12,15,17-18H,2-9H2,1H3,(H2,14,19). The number of carbonyl (C=O) groups excluding carboxylic acids is 1. The zero-order chi connectivity index (χ0) is 14.3. The Balaban J connectivity index is 2.53. The van der Waals surface area contributed by atoms with Crippen molar-refractivity contribution >= 4 is 5.91 Å². The van der Waals surface area contributed by atoms with Crippen LogP contribution in [0.3, 0.4) is 0 Å². The average molecular weight is 273 g/mol. The van der Waals surface area contributed by atoms with Crippen molar-refractivity contribution in [3.63, 3.8) is 0 Å². The first-order chi connectivity index (χ1) is 9.06. The molecule has 0 radical (unpaired) electrons. The highest BCUT2D eigenvalue weighted by molar-refractivity contribution is 5.75. The second-order valence-electron chi connectivity index (χ2n) is 5.36. The van der Waals surface area contributed by atoms with Crippen molar-refractivity contribution in [1.82, 2.24) is 10.2 Å². The number of piperidine rings is 1. The molecule has 1 rings (SSSR count). The summed E-state index contributed by atoms with van der Waals surface area (Å²) in [6, 6.07) is 0.242. The molecule has 6 heteroatoms. The van der Waals surface area contributed by atoms with Crippen LogP contribution < -0.4 is 11.1 Å². The topological polar surface area (TPSA) is 98.8 Å². The van der Waals surface area contributed by atoms with Gasteiger partial charge < -0.3 is 21.3 Å². The van der Waals surface area contributed by atoms with Gasteiger partial charge in [-0.1, -0.05) is 6.92 Å². The minimum atomic E-state index is -0.335. The van der Waals surface area contributed by atoms with E-state index in [9.17, 15) is 9.90 Å². The van der Waals surface area contributed by atoms with E-state index < -0.39 is 0 Å². The highest BCUT2D eigenvalue weighted by Gasteiger charge is 2.31. The van der Waals surface area contributed by atoms with E-state index in [1.165, 1.54) is 0 Å². The van der Waals surface area contributed by atoms with Crippen molar-refractivity contribution in [2.75, 3.05) is 32.8 Å². The Morgan fingerprint density at radius 2 is 2.26 bits per heavy atom. The van der Waals surface area contributed by atoms with Gasteiger partial charge in [0.1, 0.15) is 0 Å². The van der Waals surface area contributed by atoms with Crippen LogP contribution in [0, 0.1) is 5.92 Å². The fraction of sp³-hybridized carbons (Fsp3) is 0.923. The summed E-state index contributed by atoms with van der Waals surface area (Å²) in [5.74, 6) is -0.162. The number of aliphatic hydroxyl groups excluding tert-OH is 2. The molecule has 1 saturated heterocycles. The largest absolute Gasteiger partial charge is 0.396 e. The lowest BCUT2D eigenvalue weighted by molar-refractivity contribution is -0.120. The Morgan fingerprint density at radius 1 is 1.53 bits per heavy atom. The number of nitrogens with two attached hydrogens (primary N) is 1. The maximum Gasteiger partial charge on any atom is 0.231 e. The van der Waals surface area contributed by atoms with Gasteiger partial charge in [0.2, 0.25) is 5.91 Å². The van der Waals surface area contributed by atoms with Crippen LogP contribution in [0.5, 0.6) is 0 Å². The summed E-state index contributed by atoms with van der Waals surface area (Å²) in [5.41, 5.74) is 5.25. The van der Waals surface area contributed by atoms with Crippen LogP contribution in [0.4, 0.5) is 0 Å². The lowest BCUT2D eigenvalue weighted by atomic mass is 9.88. The maximum atomic E-state index is 11.0. The second kappa shape index (κ2) is 8.47. The number of nitrogens with zero attached hydrogens (tertiary/aromatic N) is 1. The third-order valence-electron chi connectivity index (χ3n) is 3.67. The van der Waals surface area contributed by atoms with Gasteiger partial charge in [0.15, 0.2) is 0 Å². The summed E-state index contributed by atoms with van der Waals surface area (Å²) < 4.78 is 0. The van der Waals surface area contributed by atoms with Gasteiger partial charge in [-0.3, -0.25) is 9.69 Å². The monoisotopic (exact) mass is 273 g/mol. The Kier molecular flexibility index (Phi) is 7.30. The zero-order valence-corrected chi connectivity index (χ0v) is 11.7. The molecule has 0 aromatic heterocycles. The summed E-state index contributed by atoms with van der Waals surface area (Å²) in [6.45, 7) is 4.61. The number of primary amides is 1. The van der Waals surface area contributed by atoms with Gasteiger partial charge in [0, 0.05) is 25.7 Å². The molecular formula is C13H27N3O3. The first-order valence-corrected chi connectivity index (χ1v) is 7.09. The third kappa shape index (κ3) is 5.86. The number of hydrogen-bond acceptors (Lipinski definition) is 5. The van der Waals surface area contributed by atoms with Crippen LogP contribution in [0.1, 0.15) is 26.2 Å². The maximum absolute atomic E-state index is 11.0. The summed E-state index contributed by atoms with van der Waals surface area (Å²) in [5, 5.41) is 22.2. The van der Waals surface area contributed by atoms with Crippen LogP contribution in [-0.2, 0) is 4.79 Å². The first-order valence-electron chi connectivity index (χ1n) is 7.09. The van der Waals surface area contributed by atoms with Gasteiger partial charge >= 0.3 is 0 Å². The van der Waals surface area contributed by atoms with Crippen molar-refractivity contribution in [2.24, 2.45) is 11.7 Å². The lowest BCUT2D eigenvalue weighted by Crippen LogP contribution is -2.53.